The molecule has 0 bridgehead atoms. The molecular formula is C39H42O11. The monoisotopic (exact) mass is 686 g/mol. The van der Waals surface area contributed by atoms with Gasteiger partial charge in [-0.25, -0.2) is 19.2 Å². The van der Waals surface area contributed by atoms with Crippen molar-refractivity contribution in [1.29, 1.82) is 0 Å². The van der Waals surface area contributed by atoms with E-state index < -0.39 is 23.9 Å². The van der Waals surface area contributed by atoms with Gasteiger partial charge in [-0.3, -0.25) is 4.79 Å². The molecule has 3 aromatic rings. The molecule has 0 unspecified atom stereocenters. The summed E-state index contributed by atoms with van der Waals surface area (Å²) in [6, 6.07) is 17.0. The fraction of sp³-hybridized carbons (Fsp3) is 0.308. The highest BCUT2D eigenvalue weighted by atomic mass is 16.6. The first-order valence-corrected chi connectivity index (χ1v) is 16.4. The molecule has 0 N–H and O–H groups in total. The summed E-state index contributed by atoms with van der Waals surface area (Å²) in [5, 5.41) is 0. The summed E-state index contributed by atoms with van der Waals surface area (Å²) in [6.07, 6.45) is 9.64. The van der Waals surface area contributed by atoms with Crippen molar-refractivity contribution in [3.05, 3.63) is 109 Å². The highest BCUT2D eigenvalue weighted by molar-refractivity contribution is 5.93. The summed E-state index contributed by atoms with van der Waals surface area (Å²) < 4.78 is 32.3. The maximum Gasteiger partial charge on any atom is 0.343 e. The van der Waals surface area contributed by atoms with Crippen LogP contribution < -0.4 is 18.9 Å². The van der Waals surface area contributed by atoms with Gasteiger partial charge in [0.15, 0.2) is 0 Å². The minimum atomic E-state index is -0.668. The van der Waals surface area contributed by atoms with Crippen molar-refractivity contribution >= 4 is 30.2 Å². The predicted molar refractivity (Wildman–Crippen MR) is 185 cm³/mol. The maximum absolute atomic E-state index is 12.8. The molecule has 0 spiro atoms. The molecule has 0 aliphatic carbocycles. The number of aldehydes is 1. The highest BCUT2D eigenvalue weighted by Gasteiger charge is 2.14. The number of esters is 4. The maximum atomic E-state index is 12.8. The molecule has 3 aromatic carbocycles. The lowest BCUT2D eigenvalue weighted by Gasteiger charge is -2.10. The third-order valence-electron chi connectivity index (χ3n) is 7.08. The van der Waals surface area contributed by atoms with Crippen LogP contribution >= 0.6 is 0 Å². The Morgan fingerprint density at radius 3 is 1.24 bits per heavy atom. The molecule has 0 atom stereocenters. The normalized spacial score (nSPS) is 10.3. The molecular weight excluding hydrogens is 644 g/mol. The van der Waals surface area contributed by atoms with E-state index in [1.807, 2.05) is 0 Å². The Bertz CT molecular complexity index is 1460. The summed E-state index contributed by atoms with van der Waals surface area (Å²) in [5.41, 5.74) is 0.673. The van der Waals surface area contributed by atoms with Crippen LogP contribution in [0.2, 0.25) is 0 Å². The first kappa shape index (κ1) is 38.7. The van der Waals surface area contributed by atoms with Crippen LogP contribution in [0.4, 0.5) is 0 Å². The molecule has 0 saturated heterocycles. The zero-order valence-electron chi connectivity index (χ0n) is 28.0. The highest BCUT2D eigenvalue weighted by Crippen LogP contribution is 2.25. The second-order valence-electron chi connectivity index (χ2n) is 11.0. The lowest BCUT2D eigenvalue weighted by molar-refractivity contribution is -0.138. The molecule has 0 aliphatic rings. The Morgan fingerprint density at radius 1 is 0.500 bits per heavy atom. The number of hydrogen-bond donors (Lipinski definition) is 0. The summed E-state index contributed by atoms with van der Waals surface area (Å²) in [5.74, 6) is -0.931. The topological polar surface area (TPSA) is 141 Å². The smallest absolute Gasteiger partial charge is 0.343 e. The number of rotatable bonds is 23. The van der Waals surface area contributed by atoms with Gasteiger partial charge in [-0.05, 0) is 112 Å². The van der Waals surface area contributed by atoms with Gasteiger partial charge in [-0.1, -0.05) is 13.2 Å². The minimum absolute atomic E-state index is 0.0310. The van der Waals surface area contributed by atoms with Gasteiger partial charge >= 0.3 is 23.9 Å². The van der Waals surface area contributed by atoms with Gasteiger partial charge in [-0.2, -0.15) is 0 Å². The lowest BCUT2D eigenvalue weighted by Crippen LogP contribution is -2.11. The third kappa shape index (κ3) is 14.6. The molecule has 0 heterocycles. The fourth-order valence-electron chi connectivity index (χ4n) is 4.44. The van der Waals surface area contributed by atoms with Crippen molar-refractivity contribution < 1.29 is 52.4 Å². The molecule has 0 radical (unpaired) electrons. The van der Waals surface area contributed by atoms with Crippen LogP contribution in [0.25, 0.3) is 0 Å². The molecule has 0 fully saturated rings. The summed E-state index contributed by atoms with van der Waals surface area (Å²) in [4.78, 5) is 59.2. The summed E-state index contributed by atoms with van der Waals surface area (Å²) >= 11 is 0. The van der Waals surface area contributed by atoms with Crippen LogP contribution in [0.5, 0.6) is 23.0 Å². The van der Waals surface area contributed by atoms with Crippen molar-refractivity contribution in [2.24, 2.45) is 0 Å². The van der Waals surface area contributed by atoms with Crippen LogP contribution in [0, 0.1) is 0 Å². The number of carbonyl (C=O) groups excluding carboxylic acids is 5. The van der Waals surface area contributed by atoms with E-state index in [-0.39, 0.29) is 28.2 Å². The molecule has 3 rings (SSSR count). The number of carbonyl (C=O) groups is 5. The Kier molecular flexibility index (Phi) is 17.1. The molecule has 11 heteroatoms. The average Bonchev–Trinajstić information content (AvgIpc) is 3.13. The zero-order valence-corrected chi connectivity index (χ0v) is 28.0. The zero-order chi connectivity index (χ0) is 36.0. The van der Waals surface area contributed by atoms with Crippen LogP contribution in [0.15, 0.2) is 92.0 Å². The molecule has 0 aliphatic heterocycles. The Morgan fingerprint density at radius 2 is 0.880 bits per heavy atom. The van der Waals surface area contributed by atoms with Crippen LogP contribution in [0.1, 0.15) is 82.4 Å². The first-order valence-electron chi connectivity index (χ1n) is 16.4. The Labute approximate surface area is 291 Å². The largest absolute Gasteiger partial charge is 0.494 e. The second-order valence-corrected chi connectivity index (χ2v) is 11.0. The van der Waals surface area contributed by atoms with Crippen molar-refractivity contribution in [1.82, 2.24) is 0 Å². The van der Waals surface area contributed by atoms with Crippen LogP contribution in [-0.2, 0) is 19.1 Å². The van der Waals surface area contributed by atoms with E-state index in [9.17, 15) is 24.0 Å². The lowest BCUT2D eigenvalue weighted by atomic mass is 10.2. The van der Waals surface area contributed by atoms with Gasteiger partial charge in [0.05, 0.1) is 37.6 Å². The molecule has 0 saturated carbocycles. The molecule has 11 nitrogen and oxygen atoms in total. The van der Waals surface area contributed by atoms with Crippen molar-refractivity contribution in [3.8, 4) is 23.0 Å². The quantitative estimate of drug-likeness (QED) is 0.0327. The summed E-state index contributed by atoms with van der Waals surface area (Å²) in [7, 11) is 0. The minimum Gasteiger partial charge on any atom is -0.494 e. The first-order chi connectivity index (χ1) is 24.3. The van der Waals surface area contributed by atoms with Crippen LogP contribution in [0.3, 0.4) is 0 Å². The van der Waals surface area contributed by atoms with Crippen LogP contribution in [-0.4, -0.2) is 56.6 Å². The second kappa shape index (κ2) is 22.0. The Hall–Kier alpha value is -5.71. The number of benzene rings is 3. The molecule has 0 amide bonds. The van der Waals surface area contributed by atoms with Gasteiger partial charge in [0.25, 0.3) is 0 Å². The number of unbranched alkanes of at least 4 members (excludes halogenated alkanes) is 6. The third-order valence-corrected chi connectivity index (χ3v) is 7.08. The van der Waals surface area contributed by atoms with E-state index in [2.05, 4.69) is 13.2 Å². The number of ether oxygens (including phenoxy) is 6. The van der Waals surface area contributed by atoms with Crippen molar-refractivity contribution in [2.75, 3.05) is 26.4 Å². The van der Waals surface area contributed by atoms with Crippen molar-refractivity contribution in [3.63, 3.8) is 0 Å². The average molecular weight is 687 g/mol. The molecule has 50 heavy (non-hydrogen) atoms. The van der Waals surface area contributed by atoms with Gasteiger partial charge in [0.2, 0.25) is 0 Å². The van der Waals surface area contributed by atoms with Gasteiger partial charge in [0, 0.05) is 23.8 Å². The van der Waals surface area contributed by atoms with E-state index in [0.29, 0.717) is 44.2 Å². The molecule has 264 valence electrons. The van der Waals surface area contributed by atoms with E-state index >= 15 is 0 Å². The molecule has 0 aromatic heterocycles. The number of hydrogen-bond acceptors (Lipinski definition) is 11. The summed E-state index contributed by atoms with van der Waals surface area (Å²) in [6.45, 7) is 8.43. The predicted octanol–water partition coefficient (Wildman–Crippen LogP) is 7.27. The van der Waals surface area contributed by atoms with E-state index in [1.54, 1.807) is 48.5 Å². The Balaban J connectivity index is 1.42. The van der Waals surface area contributed by atoms with Gasteiger partial charge < -0.3 is 28.4 Å². The van der Waals surface area contributed by atoms with E-state index in [4.69, 9.17) is 28.4 Å². The standard InChI is InChI=1S/C39H42O11/c1-3-36(41)47-23-11-7-5-9-21-45-32-17-13-30(14-18-32)38(43)49-34-25-29(28-40)26-35(27-34)50-39(44)31-15-19-33(20-16-31)46-22-10-6-8-12-24-48-37(42)4-2/h3-4,13-20,25-28H,1-2,5-12,21-24H2. The van der Waals surface area contributed by atoms with Crippen molar-refractivity contribution in [2.45, 2.75) is 51.4 Å². The van der Waals surface area contributed by atoms with Gasteiger partial charge in [-0.15, -0.1) is 0 Å². The van der Waals surface area contributed by atoms with E-state index in [0.717, 1.165) is 63.5 Å². The SMILES string of the molecule is C=CC(=O)OCCCCCCOc1ccc(C(=O)Oc2cc(C=O)cc(OC(=O)c3ccc(OCCCCCCOC(=O)C=C)cc3)c2)cc1. The van der Waals surface area contributed by atoms with Gasteiger partial charge in [0.1, 0.15) is 29.3 Å². The fourth-order valence-corrected chi connectivity index (χ4v) is 4.44. The van der Waals surface area contributed by atoms with E-state index in [1.165, 1.54) is 18.2 Å².